The smallest absolute Gasteiger partial charge is 0.413 e. The zero-order valence-corrected chi connectivity index (χ0v) is 6.19. The predicted octanol–water partition coefficient (Wildman–Crippen LogP) is 0.773. The van der Waals surface area contributed by atoms with Gasteiger partial charge in [-0.2, -0.15) is 4.79 Å². The van der Waals surface area contributed by atoms with Crippen molar-refractivity contribution in [3.63, 3.8) is 0 Å². The van der Waals surface area contributed by atoms with Gasteiger partial charge in [-0.25, -0.2) is 4.79 Å². The minimum atomic E-state index is -0.556. The van der Waals surface area contributed by atoms with Crippen LogP contribution in [0.1, 0.15) is 25.7 Å². The van der Waals surface area contributed by atoms with Crippen LogP contribution in [0.15, 0.2) is 0 Å². The molecule has 0 radical (unpaired) electrons. The Balaban J connectivity index is 2.29. The van der Waals surface area contributed by atoms with Crippen molar-refractivity contribution in [2.24, 2.45) is 0 Å². The topological polar surface area (TPSA) is 62.7 Å². The summed E-state index contributed by atoms with van der Waals surface area (Å²) >= 11 is 0. The fourth-order valence-corrected chi connectivity index (χ4v) is 1.25. The van der Waals surface area contributed by atoms with E-state index in [1.807, 2.05) is 0 Å². The van der Waals surface area contributed by atoms with Gasteiger partial charge < -0.3 is 10.3 Å². The predicted molar refractivity (Wildman–Crippen MR) is 38.0 cm³/mol. The van der Waals surface area contributed by atoms with Gasteiger partial charge in [0.1, 0.15) is 6.10 Å². The molecule has 0 atom stereocenters. The fraction of sp³-hybridized carbons (Fsp3) is 0.714. The molecule has 0 aromatic carbocycles. The van der Waals surface area contributed by atoms with Crippen LogP contribution < -0.4 is 0 Å². The number of carbonyl (C=O) groups is 1. The van der Waals surface area contributed by atoms with E-state index in [1.165, 1.54) is 0 Å². The maximum Gasteiger partial charge on any atom is 0.413 e. The molecule has 1 fully saturated rings. The highest BCUT2D eigenvalue weighted by Crippen LogP contribution is 2.20. The number of ether oxygens (including phenoxy) is 1. The summed E-state index contributed by atoms with van der Waals surface area (Å²) < 4.78 is 4.90. The van der Waals surface area contributed by atoms with Crippen molar-refractivity contribution in [3.05, 3.63) is 5.53 Å². The lowest BCUT2D eigenvalue weighted by atomic mass is 10.3. The molecule has 60 valence electrons. The first-order valence-electron chi connectivity index (χ1n) is 3.71. The Labute approximate surface area is 64.8 Å². The van der Waals surface area contributed by atoms with Crippen molar-refractivity contribution in [2.45, 2.75) is 31.8 Å². The average Bonchev–Trinajstić information content (AvgIpc) is 2.40. The van der Waals surface area contributed by atoms with E-state index in [1.54, 1.807) is 0 Å². The fourth-order valence-electron chi connectivity index (χ4n) is 1.25. The van der Waals surface area contributed by atoms with Crippen LogP contribution in [-0.4, -0.2) is 23.1 Å². The lowest BCUT2D eigenvalue weighted by Gasteiger charge is -2.05. The van der Waals surface area contributed by atoms with E-state index < -0.39 is 5.97 Å². The zero-order chi connectivity index (χ0) is 8.10. The van der Waals surface area contributed by atoms with Gasteiger partial charge in [0.15, 0.2) is 0 Å². The van der Waals surface area contributed by atoms with Crippen molar-refractivity contribution in [3.8, 4) is 0 Å². The summed E-state index contributed by atoms with van der Waals surface area (Å²) in [7, 11) is 0. The highest BCUT2D eigenvalue weighted by atomic mass is 16.5. The number of carbonyl (C=O) groups excluding carboxylic acids is 1. The lowest BCUT2D eigenvalue weighted by molar-refractivity contribution is -0.143. The van der Waals surface area contributed by atoms with Gasteiger partial charge in [0.05, 0.1) is 0 Å². The molecule has 0 spiro atoms. The lowest BCUT2D eigenvalue weighted by Crippen LogP contribution is -2.15. The SMILES string of the molecule is [N-]=[N+]=CC(=O)OC1CCCC1. The van der Waals surface area contributed by atoms with Crippen LogP contribution in [-0.2, 0) is 9.53 Å². The Morgan fingerprint density at radius 2 is 2.18 bits per heavy atom. The van der Waals surface area contributed by atoms with E-state index in [2.05, 4.69) is 4.79 Å². The third-order valence-corrected chi connectivity index (χ3v) is 1.75. The van der Waals surface area contributed by atoms with Gasteiger partial charge in [-0.15, -0.1) is 0 Å². The molecule has 1 saturated carbocycles. The first-order chi connectivity index (χ1) is 5.33. The zero-order valence-electron chi connectivity index (χ0n) is 6.19. The van der Waals surface area contributed by atoms with Gasteiger partial charge >= 0.3 is 12.2 Å². The molecule has 1 aliphatic rings. The van der Waals surface area contributed by atoms with E-state index in [-0.39, 0.29) is 6.10 Å². The Morgan fingerprint density at radius 1 is 1.55 bits per heavy atom. The van der Waals surface area contributed by atoms with Crippen molar-refractivity contribution < 1.29 is 14.3 Å². The molecule has 0 bridgehead atoms. The molecule has 1 rings (SSSR count). The van der Waals surface area contributed by atoms with Crippen molar-refractivity contribution in [2.75, 3.05) is 0 Å². The Bertz CT molecular complexity index is 191. The minimum absolute atomic E-state index is 0.0421. The van der Waals surface area contributed by atoms with E-state index in [0.717, 1.165) is 31.9 Å². The van der Waals surface area contributed by atoms with Crippen LogP contribution in [0, 0.1) is 0 Å². The third-order valence-electron chi connectivity index (χ3n) is 1.75. The maximum absolute atomic E-state index is 10.7. The van der Waals surface area contributed by atoms with E-state index in [9.17, 15) is 4.79 Å². The second-order valence-electron chi connectivity index (χ2n) is 2.59. The molecule has 0 aliphatic heterocycles. The summed E-state index contributed by atoms with van der Waals surface area (Å²) in [6.45, 7) is 0. The monoisotopic (exact) mass is 154 g/mol. The molecule has 1 aliphatic carbocycles. The number of nitrogens with zero attached hydrogens (tertiary/aromatic N) is 2. The molecule has 11 heavy (non-hydrogen) atoms. The van der Waals surface area contributed by atoms with E-state index in [0.29, 0.717) is 0 Å². The van der Waals surface area contributed by atoms with Gasteiger partial charge in [0, 0.05) is 0 Å². The normalized spacial score (nSPS) is 17.5. The first kappa shape index (κ1) is 7.95. The largest absolute Gasteiger partial charge is 0.454 e. The molecule has 0 aromatic rings. The highest BCUT2D eigenvalue weighted by molar-refractivity contribution is 6.20. The van der Waals surface area contributed by atoms with Gasteiger partial charge in [0.25, 0.3) is 0 Å². The Hall–Kier alpha value is -1.15. The van der Waals surface area contributed by atoms with Gasteiger partial charge in [-0.3, -0.25) is 0 Å². The molecule has 0 heterocycles. The number of hydrogen-bond acceptors (Lipinski definition) is 2. The molecule has 0 amide bonds. The summed E-state index contributed by atoms with van der Waals surface area (Å²) in [5.41, 5.74) is 7.98. The second kappa shape index (κ2) is 3.88. The summed E-state index contributed by atoms with van der Waals surface area (Å²) in [4.78, 5) is 13.2. The van der Waals surface area contributed by atoms with E-state index in [4.69, 9.17) is 10.3 Å². The van der Waals surface area contributed by atoms with Gasteiger partial charge in [-0.1, -0.05) is 0 Å². The standard InChI is InChI=1S/C7H10N2O2/c8-9-5-7(10)11-6-3-1-2-4-6/h5-6H,1-4H2. The molecule has 0 aromatic heterocycles. The average molecular weight is 154 g/mol. The van der Waals surface area contributed by atoms with Crippen LogP contribution in [0.25, 0.3) is 5.53 Å². The van der Waals surface area contributed by atoms with Crippen LogP contribution >= 0.6 is 0 Å². The van der Waals surface area contributed by atoms with Crippen molar-refractivity contribution in [1.29, 1.82) is 0 Å². The van der Waals surface area contributed by atoms with E-state index >= 15 is 0 Å². The van der Waals surface area contributed by atoms with Crippen LogP contribution in [0.2, 0.25) is 0 Å². The first-order valence-corrected chi connectivity index (χ1v) is 3.71. The van der Waals surface area contributed by atoms with Crippen molar-refractivity contribution in [1.82, 2.24) is 0 Å². The number of esters is 1. The molecule has 4 nitrogen and oxygen atoms in total. The van der Waals surface area contributed by atoms with Crippen LogP contribution in [0.5, 0.6) is 0 Å². The summed E-state index contributed by atoms with van der Waals surface area (Å²) in [5.74, 6) is -0.556. The Morgan fingerprint density at radius 3 is 2.73 bits per heavy atom. The molecule has 0 unspecified atom stereocenters. The Kier molecular flexibility index (Phi) is 2.81. The van der Waals surface area contributed by atoms with Crippen molar-refractivity contribution >= 4 is 12.2 Å². The summed E-state index contributed by atoms with van der Waals surface area (Å²) in [6.07, 6.45) is 4.93. The summed E-state index contributed by atoms with van der Waals surface area (Å²) in [5, 5.41) is 0. The molecular formula is C7H10N2O2. The quantitative estimate of drug-likeness (QED) is 0.255. The molecule has 4 heteroatoms. The molecule has 0 N–H and O–H groups in total. The molecule has 0 saturated heterocycles. The second-order valence-corrected chi connectivity index (χ2v) is 2.59. The maximum atomic E-state index is 10.7. The van der Waals surface area contributed by atoms with Gasteiger partial charge in [0.2, 0.25) is 0 Å². The number of rotatable bonds is 2. The third kappa shape index (κ3) is 2.51. The van der Waals surface area contributed by atoms with Gasteiger partial charge in [-0.05, 0) is 25.7 Å². The molecular weight excluding hydrogens is 144 g/mol. The minimum Gasteiger partial charge on any atom is -0.454 e. The highest BCUT2D eigenvalue weighted by Gasteiger charge is 2.19. The van der Waals surface area contributed by atoms with Crippen LogP contribution in [0.4, 0.5) is 0 Å². The van der Waals surface area contributed by atoms with Crippen LogP contribution in [0.3, 0.4) is 0 Å². The summed E-state index contributed by atoms with van der Waals surface area (Å²) in [6, 6.07) is 0. The number of hydrogen-bond donors (Lipinski definition) is 0.